The molecule has 2 atom stereocenters. The van der Waals surface area contributed by atoms with E-state index in [4.69, 9.17) is 5.73 Å². The lowest BCUT2D eigenvalue weighted by Crippen LogP contribution is -2.42. The Morgan fingerprint density at radius 2 is 1.95 bits per heavy atom. The number of nitrogens with one attached hydrogen (secondary N) is 1. The first-order valence-electron chi connectivity index (χ1n) is 6.32. The van der Waals surface area contributed by atoms with Crippen molar-refractivity contribution in [3.05, 3.63) is 35.4 Å². The number of benzene rings is 1. The molecule has 0 aliphatic rings. The molecule has 19 heavy (non-hydrogen) atoms. The third kappa shape index (κ3) is 4.59. The number of hydrogen-bond donors (Lipinski definition) is 2. The molecule has 0 aliphatic heterocycles. The van der Waals surface area contributed by atoms with Gasteiger partial charge in [0, 0.05) is 11.6 Å². The van der Waals surface area contributed by atoms with Crippen molar-refractivity contribution in [2.45, 2.75) is 39.3 Å². The molecule has 2 unspecified atom stereocenters. The van der Waals surface area contributed by atoms with Gasteiger partial charge in [-0.25, -0.2) is 8.78 Å². The Morgan fingerprint density at radius 1 is 1.32 bits per heavy atom. The minimum Gasteiger partial charge on any atom is -0.348 e. The van der Waals surface area contributed by atoms with Crippen molar-refractivity contribution in [2.24, 2.45) is 11.7 Å². The second-order valence-electron chi connectivity index (χ2n) is 5.13. The quantitative estimate of drug-likeness (QED) is 0.863. The summed E-state index contributed by atoms with van der Waals surface area (Å²) in [5.41, 5.74) is 5.98. The molecule has 0 aliphatic carbocycles. The molecule has 1 amide bonds. The van der Waals surface area contributed by atoms with Gasteiger partial charge in [-0.3, -0.25) is 4.79 Å². The zero-order chi connectivity index (χ0) is 14.6. The van der Waals surface area contributed by atoms with E-state index >= 15 is 0 Å². The van der Waals surface area contributed by atoms with E-state index in [1.165, 1.54) is 6.07 Å². The molecule has 1 aromatic rings. The molecule has 106 valence electrons. The van der Waals surface area contributed by atoms with Crippen molar-refractivity contribution >= 4 is 5.91 Å². The highest BCUT2D eigenvalue weighted by Crippen LogP contribution is 2.18. The van der Waals surface area contributed by atoms with E-state index in [1.54, 1.807) is 6.92 Å². The highest BCUT2D eigenvalue weighted by Gasteiger charge is 2.19. The predicted molar refractivity (Wildman–Crippen MR) is 70.3 cm³/mol. The third-order valence-corrected chi connectivity index (χ3v) is 2.85. The Balaban J connectivity index is 2.68. The smallest absolute Gasteiger partial charge is 0.237 e. The second kappa shape index (κ2) is 6.61. The second-order valence-corrected chi connectivity index (χ2v) is 5.13. The van der Waals surface area contributed by atoms with Crippen molar-refractivity contribution in [1.29, 1.82) is 0 Å². The lowest BCUT2D eigenvalue weighted by Gasteiger charge is -2.19. The molecule has 1 rings (SSSR count). The number of carbonyl (C=O) groups excluding carboxylic acids is 1. The van der Waals surface area contributed by atoms with Gasteiger partial charge in [0.25, 0.3) is 0 Å². The van der Waals surface area contributed by atoms with Crippen molar-refractivity contribution < 1.29 is 13.6 Å². The molecule has 0 saturated heterocycles. The van der Waals surface area contributed by atoms with Crippen LogP contribution in [0, 0.1) is 17.6 Å². The summed E-state index contributed by atoms with van der Waals surface area (Å²) in [6.45, 7) is 5.57. The van der Waals surface area contributed by atoms with Gasteiger partial charge in [-0.05, 0) is 25.3 Å². The molecule has 0 bridgehead atoms. The van der Waals surface area contributed by atoms with Gasteiger partial charge in [0.05, 0.1) is 12.1 Å². The van der Waals surface area contributed by atoms with Gasteiger partial charge in [-0.1, -0.05) is 19.9 Å². The minimum absolute atomic E-state index is 0.242. The number of rotatable bonds is 5. The third-order valence-electron chi connectivity index (χ3n) is 2.85. The molecule has 0 fully saturated rings. The number of halogens is 2. The van der Waals surface area contributed by atoms with E-state index in [9.17, 15) is 13.6 Å². The first-order valence-corrected chi connectivity index (χ1v) is 6.32. The van der Waals surface area contributed by atoms with Crippen LogP contribution >= 0.6 is 0 Å². The van der Waals surface area contributed by atoms with Gasteiger partial charge >= 0.3 is 0 Å². The van der Waals surface area contributed by atoms with Gasteiger partial charge in [-0.2, -0.15) is 0 Å². The van der Waals surface area contributed by atoms with Crippen LogP contribution in [0.3, 0.4) is 0 Å². The fourth-order valence-corrected chi connectivity index (χ4v) is 1.87. The maximum atomic E-state index is 13.5. The average Bonchev–Trinajstić information content (AvgIpc) is 2.27. The monoisotopic (exact) mass is 270 g/mol. The number of carbonyl (C=O) groups is 1. The van der Waals surface area contributed by atoms with Gasteiger partial charge in [0.2, 0.25) is 5.91 Å². The summed E-state index contributed by atoms with van der Waals surface area (Å²) in [6, 6.07) is 2.11. The highest BCUT2D eigenvalue weighted by molar-refractivity contribution is 5.81. The summed E-state index contributed by atoms with van der Waals surface area (Å²) >= 11 is 0. The van der Waals surface area contributed by atoms with E-state index in [0.717, 1.165) is 12.1 Å². The standard InChI is InChI=1S/C14H20F2N2O/c1-8(2)6-13(17)14(19)18-9(3)11-5-4-10(15)7-12(11)16/h4-5,7-9,13H,6,17H2,1-3H3,(H,18,19). The number of amides is 1. The zero-order valence-electron chi connectivity index (χ0n) is 11.4. The van der Waals surface area contributed by atoms with Crippen molar-refractivity contribution in [1.82, 2.24) is 5.32 Å². The summed E-state index contributed by atoms with van der Waals surface area (Å²) in [6.07, 6.45) is 0.560. The first-order chi connectivity index (χ1) is 8.81. The minimum atomic E-state index is -0.676. The summed E-state index contributed by atoms with van der Waals surface area (Å²) in [4.78, 5) is 11.8. The first kappa shape index (κ1) is 15.6. The Bertz CT molecular complexity index is 449. The van der Waals surface area contributed by atoms with E-state index in [-0.39, 0.29) is 11.5 Å². The molecule has 1 aromatic carbocycles. The van der Waals surface area contributed by atoms with Crippen molar-refractivity contribution in [3.8, 4) is 0 Å². The maximum Gasteiger partial charge on any atom is 0.237 e. The van der Waals surface area contributed by atoms with E-state index in [1.807, 2.05) is 13.8 Å². The van der Waals surface area contributed by atoms with Gasteiger partial charge in [0.15, 0.2) is 0 Å². The van der Waals surface area contributed by atoms with Crippen LogP contribution in [0.2, 0.25) is 0 Å². The molecule has 3 nitrogen and oxygen atoms in total. The number of nitrogens with two attached hydrogens (primary N) is 1. The largest absolute Gasteiger partial charge is 0.348 e. The molecule has 0 radical (unpaired) electrons. The Morgan fingerprint density at radius 3 is 2.47 bits per heavy atom. The molecule has 0 spiro atoms. The van der Waals surface area contributed by atoms with E-state index in [2.05, 4.69) is 5.32 Å². The normalized spacial score (nSPS) is 14.3. The van der Waals surface area contributed by atoms with Gasteiger partial charge < -0.3 is 11.1 Å². The predicted octanol–water partition coefficient (Wildman–Crippen LogP) is 2.52. The lowest BCUT2D eigenvalue weighted by molar-refractivity contribution is -0.123. The summed E-state index contributed by atoms with van der Waals surface area (Å²) < 4.78 is 26.3. The fraction of sp³-hybridized carbons (Fsp3) is 0.500. The lowest BCUT2D eigenvalue weighted by atomic mass is 10.0. The Labute approximate surface area is 112 Å². The van der Waals surface area contributed by atoms with Crippen LogP contribution < -0.4 is 11.1 Å². The molecular weight excluding hydrogens is 250 g/mol. The van der Waals surface area contributed by atoms with Crippen molar-refractivity contribution in [2.75, 3.05) is 0 Å². The maximum absolute atomic E-state index is 13.5. The summed E-state index contributed by atoms with van der Waals surface area (Å²) in [5.74, 6) is -1.34. The van der Waals surface area contributed by atoms with Crippen LogP contribution in [0.4, 0.5) is 8.78 Å². The fourth-order valence-electron chi connectivity index (χ4n) is 1.87. The topological polar surface area (TPSA) is 55.1 Å². The SMILES string of the molecule is CC(C)CC(N)C(=O)NC(C)c1ccc(F)cc1F. The van der Waals surface area contributed by atoms with Gasteiger partial charge in [0.1, 0.15) is 11.6 Å². The summed E-state index contributed by atoms with van der Waals surface area (Å²) in [5, 5.41) is 2.64. The Hall–Kier alpha value is -1.49. The molecule has 5 heteroatoms. The van der Waals surface area contributed by atoms with Crippen LogP contribution in [0.15, 0.2) is 18.2 Å². The van der Waals surface area contributed by atoms with Crippen LogP contribution in [0.1, 0.15) is 38.8 Å². The molecule has 3 N–H and O–H groups in total. The highest BCUT2D eigenvalue weighted by atomic mass is 19.1. The molecule has 0 aromatic heterocycles. The summed E-state index contributed by atoms with van der Waals surface area (Å²) in [7, 11) is 0. The van der Waals surface area contributed by atoms with Crippen molar-refractivity contribution in [3.63, 3.8) is 0 Å². The molecule has 0 heterocycles. The van der Waals surface area contributed by atoms with E-state index < -0.39 is 23.7 Å². The molecule has 0 saturated carbocycles. The van der Waals surface area contributed by atoms with Crippen LogP contribution in [0.5, 0.6) is 0 Å². The van der Waals surface area contributed by atoms with Gasteiger partial charge in [-0.15, -0.1) is 0 Å². The average molecular weight is 270 g/mol. The Kier molecular flexibility index (Phi) is 5.42. The van der Waals surface area contributed by atoms with Crippen LogP contribution in [0.25, 0.3) is 0 Å². The zero-order valence-corrected chi connectivity index (χ0v) is 11.4. The van der Waals surface area contributed by atoms with E-state index in [0.29, 0.717) is 12.3 Å². The molecular formula is C14H20F2N2O. The van der Waals surface area contributed by atoms with Crippen LogP contribution in [-0.2, 0) is 4.79 Å². The van der Waals surface area contributed by atoms with Crippen LogP contribution in [-0.4, -0.2) is 11.9 Å². The number of hydrogen-bond acceptors (Lipinski definition) is 2.